The third-order valence-electron chi connectivity index (χ3n) is 7.11. The molecule has 0 spiro atoms. The second kappa shape index (κ2) is 7.66. The quantitative estimate of drug-likeness (QED) is 0.746. The molecule has 0 aromatic heterocycles. The molecule has 0 unspecified atom stereocenters. The number of sulfonamides is 1. The lowest BCUT2D eigenvalue weighted by Gasteiger charge is -2.34. The summed E-state index contributed by atoms with van der Waals surface area (Å²) in [6.07, 6.45) is 4.44. The Labute approximate surface area is 179 Å². The summed E-state index contributed by atoms with van der Waals surface area (Å²) in [6, 6.07) is 15.7. The van der Waals surface area contributed by atoms with Crippen molar-refractivity contribution in [2.75, 3.05) is 30.5 Å². The summed E-state index contributed by atoms with van der Waals surface area (Å²) < 4.78 is 27.7. The van der Waals surface area contributed by atoms with Gasteiger partial charge in [0, 0.05) is 25.0 Å². The fraction of sp³-hybridized carbons (Fsp3) is 0.500. The second-order valence-corrected chi connectivity index (χ2v) is 11.3. The number of anilines is 1. The fourth-order valence-electron chi connectivity index (χ4n) is 4.97. The molecule has 0 radical (unpaired) electrons. The topological polar surface area (TPSA) is 61.4 Å². The molecule has 1 aliphatic carbocycles. The van der Waals surface area contributed by atoms with Gasteiger partial charge in [-0.05, 0) is 73.5 Å². The molecule has 5 rings (SSSR count). The minimum Gasteiger partial charge on any atom is -0.317 e. The van der Waals surface area contributed by atoms with Gasteiger partial charge >= 0.3 is 0 Å². The van der Waals surface area contributed by atoms with Gasteiger partial charge in [-0.2, -0.15) is 0 Å². The second-order valence-electron chi connectivity index (χ2n) is 9.42. The highest BCUT2D eigenvalue weighted by Gasteiger charge is 2.40. The first-order chi connectivity index (χ1) is 14.5. The largest absolute Gasteiger partial charge is 0.317 e. The molecule has 5 nitrogen and oxygen atoms in total. The summed E-state index contributed by atoms with van der Waals surface area (Å²) in [7, 11) is -3.49. The number of hydrogen-bond acceptors (Lipinski definition) is 4. The van der Waals surface area contributed by atoms with Crippen molar-refractivity contribution in [3.05, 3.63) is 59.7 Å². The van der Waals surface area contributed by atoms with E-state index in [0.29, 0.717) is 28.8 Å². The Morgan fingerprint density at radius 1 is 1.13 bits per heavy atom. The molecule has 6 heteroatoms. The Morgan fingerprint density at radius 3 is 2.67 bits per heavy atom. The molecule has 1 saturated carbocycles. The minimum atomic E-state index is -3.49. The van der Waals surface area contributed by atoms with E-state index in [2.05, 4.69) is 29.7 Å². The predicted molar refractivity (Wildman–Crippen MR) is 120 cm³/mol. The highest BCUT2D eigenvalue weighted by atomic mass is 32.2. The fourth-order valence-corrected chi connectivity index (χ4v) is 6.49. The van der Waals surface area contributed by atoms with Gasteiger partial charge < -0.3 is 10.6 Å². The molecular formula is C24H31N3O2S. The van der Waals surface area contributed by atoms with E-state index in [4.69, 9.17) is 0 Å². The third kappa shape index (κ3) is 3.77. The van der Waals surface area contributed by atoms with Crippen LogP contribution < -0.4 is 14.9 Å². The van der Waals surface area contributed by atoms with Crippen LogP contribution in [-0.4, -0.2) is 40.6 Å². The van der Waals surface area contributed by atoms with E-state index in [1.54, 1.807) is 28.6 Å². The van der Waals surface area contributed by atoms with E-state index in [0.717, 1.165) is 37.3 Å². The van der Waals surface area contributed by atoms with Gasteiger partial charge in [0.15, 0.2) is 0 Å². The van der Waals surface area contributed by atoms with Crippen LogP contribution in [0.1, 0.15) is 43.2 Å². The molecule has 1 saturated heterocycles. The molecule has 2 fully saturated rings. The summed E-state index contributed by atoms with van der Waals surface area (Å²) in [5, 5.41) is 7.26. The van der Waals surface area contributed by atoms with Crippen LogP contribution in [-0.2, 0) is 16.4 Å². The zero-order valence-electron chi connectivity index (χ0n) is 17.6. The van der Waals surface area contributed by atoms with Gasteiger partial charge in [-0.15, -0.1) is 0 Å². The Hall–Kier alpha value is -1.89. The van der Waals surface area contributed by atoms with Crippen molar-refractivity contribution in [1.82, 2.24) is 10.6 Å². The van der Waals surface area contributed by atoms with Crippen molar-refractivity contribution in [3.8, 4) is 0 Å². The smallest absolute Gasteiger partial charge is 0.264 e. The maximum absolute atomic E-state index is 13.1. The Balaban J connectivity index is 1.26. The normalized spacial score (nSPS) is 25.2. The average molecular weight is 426 g/mol. The summed E-state index contributed by atoms with van der Waals surface area (Å²) in [6.45, 7) is 6.26. The van der Waals surface area contributed by atoms with Crippen LogP contribution in [0.4, 0.5) is 5.69 Å². The lowest BCUT2D eigenvalue weighted by molar-refractivity contribution is 0.219. The van der Waals surface area contributed by atoms with Gasteiger partial charge in [0.05, 0.1) is 10.6 Å². The minimum absolute atomic E-state index is 0.361. The van der Waals surface area contributed by atoms with Crippen molar-refractivity contribution in [2.45, 2.75) is 49.5 Å². The van der Waals surface area contributed by atoms with Crippen LogP contribution in [0.5, 0.6) is 0 Å². The summed E-state index contributed by atoms with van der Waals surface area (Å²) in [4.78, 5) is 0.361. The molecule has 2 aromatic rings. The van der Waals surface area contributed by atoms with E-state index in [9.17, 15) is 8.42 Å². The van der Waals surface area contributed by atoms with Crippen LogP contribution in [0.3, 0.4) is 0 Å². The maximum Gasteiger partial charge on any atom is 0.264 e. The van der Waals surface area contributed by atoms with Gasteiger partial charge in [0.1, 0.15) is 0 Å². The summed E-state index contributed by atoms with van der Waals surface area (Å²) in [5.41, 5.74) is 3.75. The third-order valence-corrected chi connectivity index (χ3v) is 8.94. The number of rotatable bonds is 6. The molecular weight excluding hydrogens is 394 g/mol. The predicted octanol–water partition coefficient (Wildman–Crippen LogP) is 3.27. The molecule has 0 amide bonds. The Kier molecular flexibility index (Phi) is 5.12. The van der Waals surface area contributed by atoms with Crippen LogP contribution in [0.2, 0.25) is 0 Å². The Bertz CT molecular complexity index is 1020. The van der Waals surface area contributed by atoms with E-state index < -0.39 is 10.0 Å². The highest BCUT2D eigenvalue weighted by molar-refractivity contribution is 7.92. The first-order valence-corrected chi connectivity index (χ1v) is 12.6. The van der Waals surface area contributed by atoms with Crippen molar-refractivity contribution < 1.29 is 8.42 Å². The van der Waals surface area contributed by atoms with E-state index in [1.165, 1.54) is 24.8 Å². The number of fused-ring (bicyclic) bond motifs is 1. The van der Waals surface area contributed by atoms with Gasteiger partial charge in [0.2, 0.25) is 0 Å². The van der Waals surface area contributed by atoms with Crippen LogP contribution in [0.25, 0.3) is 0 Å². The van der Waals surface area contributed by atoms with Crippen molar-refractivity contribution in [1.29, 1.82) is 0 Å². The lowest BCUT2D eigenvalue weighted by Crippen LogP contribution is -2.42. The molecule has 0 bridgehead atoms. The first-order valence-electron chi connectivity index (χ1n) is 11.1. The molecule has 2 aromatic carbocycles. The molecule has 2 atom stereocenters. The molecule has 160 valence electrons. The van der Waals surface area contributed by atoms with Crippen molar-refractivity contribution >= 4 is 15.7 Å². The molecule has 3 aliphatic rings. The van der Waals surface area contributed by atoms with Crippen molar-refractivity contribution in [2.24, 2.45) is 5.41 Å². The zero-order valence-corrected chi connectivity index (χ0v) is 18.4. The van der Waals surface area contributed by atoms with E-state index >= 15 is 0 Å². The lowest BCUT2D eigenvalue weighted by atomic mass is 9.81. The van der Waals surface area contributed by atoms with Gasteiger partial charge in [-0.25, -0.2) is 8.42 Å². The molecule has 2 heterocycles. The summed E-state index contributed by atoms with van der Waals surface area (Å²) in [5.74, 6) is 0.556. The van der Waals surface area contributed by atoms with Crippen LogP contribution >= 0.6 is 0 Å². The molecule has 30 heavy (non-hydrogen) atoms. The van der Waals surface area contributed by atoms with Crippen LogP contribution in [0.15, 0.2) is 53.4 Å². The maximum atomic E-state index is 13.1. The Morgan fingerprint density at radius 2 is 1.90 bits per heavy atom. The SMILES string of the molecule is CC1(CN[C@@H]2C[C@H]2c2ccc3c(c2)CCN3S(=O)(=O)c2ccccc2)CCNCC1. The molecule has 2 aliphatic heterocycles. The number of nitrogens with zero attached hydrogens (tertiary/aromatic N) is 1. The van der Waals surface area contributed by atoms with E-state index in [1.807, 2.05) is 12.1 Å². The van der Waals surface area contributed by atoms with Crippen LogP contribution in [0, 0.1) is 5.41 Å². The van der Waals surface area contributed by atoms with Gasteiger partial charge in [-0.1, -0.05) is 37.3 Å². The van der Waals surface area contributed by atoms with Gasteiger partial charge in [0.25, 0.3) is 10.0 Å². The summed E-state index contributed by atoms with van der Waals surface area (Å²) >= 11 is 0. The first kappa shape index (κ1) is 20.0. The number of nitrogens with one attached hydrogen (secondary N) is 2. The van der Waals surface area contributed by atoms with Crippen molar-refractivity contribution in [3.63, 3.8) is 0 Å². The number of hydrogen-bond donors (Lipinski definition) is 2. The zero-order chi connectivity index (χ0) is 20.8. The highest BCUT2D eigenvalue weighted by Crippen LogP contribution is 2.44. The number of benzene rings is 2. The van der Waals surface area contributed by atoms with E-state index in [-0.39, 0.29) is 0 Å². The molecule has 2 N–H and O–H groups in total. The van der Waals surface area contributed by atoms with Gasteiger partial charge in [-0.3, -0.25) is 4.31 Å². The number of piperidine rings is 1. The standard InChI is InChI=1S/C24H31N3O2S/c1-24(10-12-25-13-11-24)17-26-22-16-21(22)18-7-8-23-19(15-18)9-14-27(23)30(28,29)20-5-3-2-4-6-20/h2-8,15,21-22,25-26H,9-14,16-17H2,1H3/t21-,22+/m0/s1. The average Bonchev–Trinajstić information content (AvgIpc) is 3.42. The monoisotopic (exact) mass is 425 g/mol.